The second-order valence-corrected chi connectivity index (χ2v) is 9.77. The molecule has 11 heteroatoms. The Hall–Kier alpha value is -3.34. The highest BCUT2D eigenvalue weighted by Gasteiger charge is 2.43. The number of fused-ring (bicyclic) bond motifs is 1. The molecule has 5 rings (SSSR count). The molecule has 192 valence electrons. The number of nitrogen functional groups attached to an aromatic ring is 1. The summed E-state index contributed by atoms with van der Waals surface area (Å²) in [5.41, 5.74) is 4.72. The summed E-state index contributed by atoms with van der Waals surface area (Å²) in [4.78, 5) is 17.1. The summed E-state index contributed by atoms with van der Waals surface area (Å²) < 4.78 is 44.5. The van der Waals surface area contributed by atoms with Crippen LogP contribution in [0.3, 0.4) is 0 Å². The SMILES string of the molecule is Nc1c([N+](=O)[O-])c(-c2ccc3c(c2)ncn3C2CCCCC2)cc(N2CCC(CO)C2)c1C(F)(F)F. The monoisotopic (exact) mass is 503 g/mol. The van der Waals surface area contributed by atoms with Gasteiger partial charge in [0, 0.05) is 31.7 Å². The largest absolute Gasteiger partial charge is 0.420 e. The molecule has 3 aromatic rings. The highest BCUT2D eigenvalue weighted by atomic mass is 19.4. The predicted octanol–water partition coefficient (Wildman–Crippen LogP) is 5.54. The van der Waals surface area contributed by atoms with Crippen molar-refractivity contribution in [1.29, 1.82) is 0 Å². The highest BCUT2D eigenvalue weighted by Crippen LogP contribution is 2.49. The van der Waals surface area contributed by atoms with E-state index in [-0.39, 0.29) is 36.9 Å². The second kappa shape index (κ2) is 9.27. The molecule has 2 heterocycles. The van der Waals surface area contributed by atoms with Crippen molar-refractivity contribution in [1.82, 2.24) is 9.55 Å². The minimum atomic E-state index is -4.89. The molecule has 3 N–H and O–H groups in total. The van der Waals surface area contributed by atoms with E-state index in [0.717, 1.165) is 31.2 Å². The van der Waals surface area contributed by atoms with E-state index in [2.05, 4.69) is 9.55 Å². The first kappa shape index (κ1) is 24.4. The minimum absolute atomic E-state index is 0.0158. The first-order valence-corrected chi connectivity index (χ1v) is 12.2. The number of nitrogens with zero attached hydrogens (tertiary/aromatic N) is 4. The minimum Gasteiger partial charge on any atom is -0.396 e. The van der Waals surface area contributed by atoms with Crippen LogP contribution in [0.4, 0.5) is 30.2 Å². The van der Waals surface area contributed by atoms with E-state index in [4.69, 9.17) is 5.73 Å². The van der Waals surface area contributed by atoms with Gasteiger partial charge in [0.05, 0.1) is 33.5 Å². The third-order valence-corrected chi connectivity index (χ3v) is 7.52. The molecule has 8 nitrogen and oxygen atoms in total. The number of aliphatic hydroxyl groups is 1. The fourth-order valence-electron chi connectivity index (χ4n) is 5.69. The van der Waals surface area contributed by atoms with E-state index in [0.29, 0.717) is 23.5 Å². The molecule has 1 aliphatic carbocycles. The third kappa shape index (κ3) is 4.25. The summed E-state index contributed by atoms with van der Waals surface area (Å²) in [6.07, 6.45) is 3.03. The third-order valence-electron chi connectivity index (χ3n) is 7.52. The summed E-state index contributed by atoms with van der Waals surface area (Å²) in [5, 5.41) is 21.5. The number of aliphatic hydroxyl groups excluding tert-OH is 1. The number of benzene rings is 2. The Labute approximate surface area is 205 Å². The van der Waals surface area contributed by atoms with Crippen molar-refractivity contribution in [3.05, 3.63) is 46.3 Å². The average Bonchev–Trinajstić information content (AvgIpc) is 3.49. The number of halogens is 3. The summed E-state index contributed by atoms with van der Waals surface area (Å²) in [5.74, 6) is -0.175. The number of imidazole rings is 1. The summed E-state index contributed by atoms with van der Waals surface area (Å²) >= 11 is 0. The molecule has 0 amide bonds. The molecular formula is C25H28F3N5O3. The Bertz CT molecular complexity index is 1300. The smallest absolute Gasteiger partial charge is 0.396 e. The van der Waals surface area contributed by atoms with Crippen LogP contribution in [0.2, 0.25) is 0 Å². The van der Waals surface area contributed by atoms with Gasteiger partial charge in [0.2, 0.25) is 0 Å². The average molecular weight is 504 g/mol. The molecule has 2 aromatic carbocycles. The Morgan fingerprint density at radius 1 is 1.17 bits per heavy atom. The van der Waals surface area contributed by atoms with Gasteiger partial charge in [-0.1, -0.05) is 25.3 Å². The summed E-state index contributed by atoms with van der Waals surface area (Å²) in [7, 11) is 0. The first-order valence-electron chi connectivity index (χ1n) is 12.2. The fourth-order valence-corrected chi connectivity index (χ4v) is 5.69. The van der Waals surface area contributed by atoms with Crippen LogP contribution >= 0.6 is 0 Å². The number of nitrogens with two attached hydrogens (primary N) is 1. The van der Waals surface area contributed by atoms with Crippen LogP contribution in [0.25, 0.3) is 22.2 Å². The van der Waals surface area contributed by atoms with Crippen LogP contribution in [-0.4, -0.2) is 39.3 Å². The van der Waals surface area contributed by atoms with Gasteiger partial charge in [-0.05, 0) is 43.0 Å². The van der Waals surface area contributed by atoms with Crippen LogP contribution in [0.5, 0.6) is 0 Å². The molecule has 0 radical (unpaired) electrons. The van der Waals surface area contributed by atoms with Crippen molar-refractivity contribution >= 4 is 28.1 Å². The van der Waals surface area contributed by atoms with Crippen LogP contribution in [0.15, 0.2) is 30.6 Å². The van der Waals surface area contributed by atoms with Gasteiger partial charge < -0.3 is 20.3 Å². The Morgan fingerprint density at radius 2 is 1.92 bits per heavy atom. The Balaban J connectivity index is 1.66. The van der Waals surface area contributed by atoms with Crippen molar-refractivity contribution in [3.63, 3.8) is 0 Å². The van der Waals surface area contributed by atoms with Crippen LogP contribution in [-0.2, 0) is 6.18 Å². The maximum absolute atomic E-state index is 14.1. The molecule has 1 atom stereocenters. The van der Waals surface area contributed by atoms with Crippen LogP contribution < -0.4 is 10.6 Å². The molecule has 1 saturated carbocycles. The molecule has 1 aromatic heterocycles. The molecular weight excluding hydrogens is 475 g/mol. The zero-order chi connectivity index (χ0) is 25.6. The van der Waals surface area contributed by atoms with Gasteiger partial charge in [-0.25, -0.2) is 4.98 Å². The second-order valence-electron chi connectivity index (χ2n) is 9.77. The van der Waals surface area contributed by atoms with Gasteiger partial charge in [0.25, 0.3) is 0 Å². The zero-order valence-corrected chi connectivity index (χ0v) is 19.7. The van der Waals surface area contributed by atoms with Crippen molar-refractivity contribution in [2.75, 3.05) is 30.3 Å². The molecule has 1 saturated heterocycles. The molecule has 2 fully saturated rings. The van der Waals surface area contributed by atoms with Crippen molar-refractivity contribution in [3.8, 4) is 11.1 Å². The standard InChI is InChI=1S/C25H28F3N5O3/c26-25(27,28)22-21(31-9-8-15(12-31)13-34)11-18(24(23(22)29)33(35)36)16-6-7-20-19(10-16)30-14-32(20)17-4-2-1-3-5-17/h6-7,10-11,14-15,17,34H,1-5,8-9,12-13,29H2. The molecule has 2 aliphatic rings. The number of nitro benzene ring substituents is 1. The van der Waals surface area contributed by atoms with E-state index in [1.807, 2.05) is 6.07 Å². The highest BCUT2D eigenvalue weighted by molar-refractivity contribution is 5.92. The predicted molar refractivity (Wildman–Crippen MR) is 131 cm³/mol. The Morgan fingerprint density at radius 3 is 2.56 bits per heavy atom. The maximum Gasteiger partial charge on any atom is 0.420 e. The van der Waals surface area contributed by atoms with Gasteiger partial charge in [0.1, 0.15) is 11.3 Å². The lowest BCUT2D eigenvalue weighted by Crippen LogP contribution is -2.25. The van der Waals surface area contributed by atoms with E-state index in [9.17, 15) is 28.4 Å². The summed E-state index contributed by atoms with van der Waals surface area (Å²) in [6, 6.07) is 6.74. The van der Waals surface area contributed by atoms with Crippen molar-refractivity contribution in [2.45, 2.75) is 50.7 Å². The van der Waals surface area contributed by atoms with E-state index < -0.39 is 28.0 Å². The molecule has 1 aliphatic heterocycles. The number of aromatic nitrogens is 2. The number of nitro groups is 1. The Kier molecular flexibility index (Phi) is 6.27. The first-order chi connectivity index (χ1) is 17.2. The lowest BCUT2D eigenvalue weighted by Gasteiger charge is -2.25. The molecule has 36 heavy (non-hydrogen) atoms. The molecule has 1 unspecified atom stereocenters. The lowest BCUT2D eigenvalue weighted by atomic mass is 9.95. The number of alkyl halides is 3. The van der Waals surface area contributed by atoms with Crippen molar-refractivity contribution < 1.29 is 23.2 Å². The fraction of sp³-hybridized carbons (Fsp3) is 0.480. The lowest BCUT2D eigenvalue weighted by molar-refractivity contribution is -0.383. The normalized spacial score (nSPS) is 19.3. The van der Waals surface area contributed by atoms with E-state index >= 15 is 0 Å². The van der Waals surface area contributed by atoms with Crippen LogP contribution in [0.1, 0.15) is 50.1 Å². The number of hydrogen-bond acceptors (Lipinski definition) is 6. The molecule has 0 spiro atoms. The quantitative estimate of drug-likeness (QED) is 0.269. The van der Waals surface area contributed by atoms with Gasteiger partial charge >= 0.3 is 11.9 Å². The van der Waals surface area contributed by atoms with Crippen molar-refractivity contribution in [2.24, 2.45) is 5.92 Å². The topological polar surface area (TPSA) is 110 Å². The number of hydrogen-bond donors (Lipinski definition) is 2. The number of anilines is 2. The van der Waals surface area contributed by atoms with Gasteiger partial charge in [-0.15, -0.1) is 0 Å². The molecule has 0 bridgehead atoms. The van der Waals surface area contributed by atoms with E-state index in [1.165, 1.54) is 17.4 Å². The summed E-state index contributed by atoms with van der Waals surface area (Å²) in [6.45, 7) is 0.352. The maximum atomic E-state index is 14.1. The van der Waals surface area contributed by atoms with E-state index in [1.54, 1.807) is 18.5 Å². The zero-order valence-electron chi connectivity index (χ0n) is 19.7. The van der Waals surface area contributed by atoms with Gasteiger partial charge in [-0.2, -0.15) is 13.2 Å². The van der Waals surface area contributed by atoms with Crippen LogP contribution in [0, 0.1) is 16.0 Å². The number of rotatable bonds is 5. The van der Waals surface area contributed by atoms with Gasteiger partial charge in [-0.3, -0.25) is 10.1 Å². The van der Waals surface area contributed by atoms with Gasteiger partial charge in [0.15, 0.2) is 0 Å².